The zero-order valence-electron chi connectivity index (χ0n) is 20.3. The number of H-pyrrole nitrogens is 1. The Morgan fingerprint density at radius 3 is 2.18 bits per heavy atom. The SMILES string of the molecule is COc1ccc(C(NC(=O)c2cnc(-n3cccn3)[nH]c2=O)c2ccc(OC)nc2)cc1.O=C(O)C(F)(F)F. The molecule has 0 spiro atoms. The number of hydrogen-bond acceptors (Lipinski definition) is 8. The fourth-order valence-electron chi connectivity index (χ4n) is 3.11. The number of aromatic nitrogens is 5. The fourth-order valence-corrected chi connectivity index (χ4v) is 3.11. The van der Waals surface area contributed by atoms with Crippen LogP contribution in [0.15, 0.2) is 72.0 Å². The maximum absolute atomic E-state index is 13.0. The van der Waals surface area contributed by atoms with Gasteiger partial charge in [-0.3, -0.25) is 14.6 Å². The molecule has 1 unspecified atom stereocenters. The summed E-state index contributed by atoms with van der Waals surface area (Å²) in [6.45, 7) is 0. The lowest BCUT2D eigenvalue weighted by molar-refractivity contribution is -0.192. The number of benzene rings is 1. The molecule has 4 aromatic rings. The van der Waals surface area contributed by atoms with Gasteiger partial charge in [0.2, 0.25) is 11.8 Å². The number of hydrogen-bond donors (Lipinski definition) is 3. The van der Waals surface area contributed by atoms with Gasteiger partial charge in [0.15, 0.2) is 0 Å². The van der Waals surface area contributed by atoms with Gasteiger partial charge in [0, 0.05) is 30.9 Å². The Balaban J connectivity index is 0.000000532. The Morgan fingerprint density at radius 2 is 1.69 bits per heavy atom. The van der Waals surface area contributed by atoms with Crippen LogP contribution in [-0.2, 0) is 4.79 Å². The summed E-state index contributed by atoms with van der Waals surface area (Å²) < 4.78 is 43.5. The number of methoxy groups -OCH3 is 2. The van der Waals surface area contributed by atoms with Crippen molar-refractivity contribution < 1.29 is 37.3 Å². The van der Waals surface area contributed by atoms with Gasteiger partial charge >= 0.3 is 12.1 Å². The molecular formula is C24H21F3N6O6. The van der Waals surface area contributed by atoms with Gasteiger partial charge in [0.05, 0.1) is 20.3 Å². The largest absolute Gasteiger partial charge is 0.497 e. The van der Waals surface area contributed by atoms with E-state index in [0.717, 1.165) is 5.56 Å². The minimum atomic E-state index is -5.08. The molecule has 0 aliphatic heterocycles. The van der Waals surface area contributed by atoms with Crippen molar-refractivity contribution >= 4 is 11.9 Å². The Kier molecular flexibility index (Phi) is 8.98. The zero-order valence-corrected chi connectivity index (χ0v) is 20.3. The van der Waals surface area contributed by atoms with Gasteiger partial charge < -0.3 is 19.9 Å². The molecule has 0 fully saturated rings. The third-order valence-electron chi connectivity index (χ3n) is 5.02. The van der Waals surface area contributed by atoms with E-state index in [0.29, 0.717) is 17.2 Å². The topological polar surface area (TPSA) is 161 Å². The summed E-state index contributed by atoms with van der Waals surface area (Å²) in [5, 5.41) is 14.0. The highest BCUT2D eigenvalue weighted by Gasteiger charge is 2.38. The summed E-state index contributed by atoms with van der Waals surface area (Å²) in [5.74, 6) is -2.00. The van der Waals surface area contributed by atoms with Crippen molar-refractivity contribution in [3.8, 4) is 17.6 Å². The molecule has 3 N–H and O–H groups in total. The van der Waals surface area contributed by atoms with E-state index in [1.807, 2.05) is 12.1 Å². The number of carboxylic acid groups (broad SMARTS) is 1. The van der Waals surface area contributed by atoms with Crippen LogP contribution in [0.1, 0.15) is 27.5 Å². The first kappa shape index (κ1) is 28.4. The molecule has 3 heterocycles. The van der Waals surface area contributed by atoms with Gasteiger partial charge in [-0.05, 0) is 35.4 Å². The molecule has 3 aromatic heterocycles. The van der Waals surface area contributed by atoms with Crippen molar-refractivity contribution in [1.82, 2.24) is 30.0 Å². The first-order valence-electron chi connectivity index (χ1n) is 10.9. The first-order chi connectivity index (χ1) is 18.5. The molecule has 39 heavy (non-hydrogen) atoms. The molecule has 1 atom stereocenters. The van der Waals surface area contributed by atoms with Crippen LogP contribution < -0.4 is 20.3 Å². The summed E-state index contributed by atoms with van der Waals surface area (Å²) in [4.78, 5) is 45.4. The number of alkyl halides is 3. The van der Waals surface area contributed by atoms with Crippen molar-refractivity contribution in [1.29, 1.82) is 0 Å². The molecule has 0 bridgehead atoms. The van der Waals surface area contributed by atoms with Crippen LogP contribution in [0.5, 0.6) is 11.6 Å². The number of rotatable bonds is 7. The molecule has 0 aliphatic rings. The van der Waals surface area contributed by atoms with Gasteiger partial charge in [0.25, 0.3) is 11.5 Å². The number of pyridine rings is 1. The van der Waals surface area contributed by atoms with Gasteiger partial charge in [0.1, 0.15) is 11.3 Å². The number of nitrogens with one attached hydrogen (secondary N) is 2. The second-order valence-corrected chi connectivity index (χ2v) is 7.52. The molecule has 0 aliphatic carbocycles. The van der Waals surface area contributed by atoms with Gasteiger partial charge in [-0.25, -0.2) is 19.4 Å². The number of amides is 1. The highest BCUT2D eigenvalue weighted by molar-refractivity contribution is 5.94. The molecule has 0 saturated carbocycles. The van der Waals surface area contributed by atoms with Crippen molar-refractivity contribution in [2.75, 3.05) is 14.2 Å². The quantitative estimate of drug-likeness (QED) is 0.316. The van der Waals surface area contributed by atoms with Crippen molar-refractivity contribution in [3.05, 3.63) is 94.3 Å². The number of carboxylic acids is 1. The minimum Gasteiger partial charge on any atom is -0.497 e. The molecule has 4 rings (SSSR count). The number of aliphatic carboxylic acids is 1. The highest BCUT2D eigenvalue weighted by Crippen LogP contribution is 2.25. The lowest BCUT2D eigenvalue weighted by Gasteiger charge is -2.20. The lowest BCUT2D eigenvalue weighted by atomic mass is 9.99. The normalized spacial score (nSPS) is 11.5. The third-order valence-corrected chi connectivity index (χ3v) is 5.02. The summed E-state index contributed by atoms with van der Waals surface area (Å²) in [6, 6.07) is 11.9. The Morgan fingerprint density at radius 1 is 1.03 bits per heavy atom. The predicted molar refractivity (Wildman–Crippen MR) is 129 cm³/mol. The molecule has 0 saturated heterocycles. The number of carbonyl (C=O) groups excluding carboxylic acids is 1. The predicted octanol–water partition coefficient (Wildman–Crippen LogP) is 2.52. The monoisotopic (exact) mass is 546 g/mol. The average molecular weight is 546 g/mol. The molecule has 204 valence electrons. The number of halogens is 3. The van der Waals surface area contributed by atoms with Crippen molar-refractivity contribution in [3.63, 3.8) is 0 Å². The maximum atomic E-state index is 13.0. The van der Waals surface area contributed by atoms with Crippen LogP contribution in [0.3, 0.4) is 0 Å². The van der Waals surface area contributed by atoms with E-state index in [1.165, 1.54) is 18.0 Å². The van der Waals surface area contributed by atoms with E-state index >= 15 is 0 Å². The Hall–Kier alpha value is -5.21. The second kappa shape index (κ2) is 12.4. The number of carbonyl (C=O) groups is 2. The van der Waals surface area contributed by atoms with Crippen molar-refractivity contribution in [2.24, 2.45) is 0 Å². The van der Waals surface area contributed by atoms with Crippen LogP contribution in [0.25, 0.3) is 5.95 Å². The second-order valence-electron chi connectivity index (χ2n) is 7.52. The van der Waals surface area contributed by atoms with E-state index in [1.54, 1.807) is 56.0 Å². The molecule has 15 heteroatoms. The zero-order chi connectivity index (χ0) is 28.6. The minimum absolute atomic E-state index is 0.124. The molecule has 12 nitrogen and oxygen atoms in total. The average Bonchev–Trinajstić information content (AvgIpc) is 3.47. The Labute approximate surface area is 218 Å². The number of nitrogens with zero attached hydrogens (tertiary/aromatic N) is 4. The summed E-state index contributed by atoms with van der Waals surface area (Å²) in [5.41, 5.74) is 0.788. The van der Waals surface area contributed by atoms with E-state index < -0.39 is 29.7 Å². The molecule has 0 radical (unpaired) electrons. The molecular weight excluding hydrogens is 525 g/mol. The summed E-state index contributed by atoms with van der Waals surface area (Å²) in [6.07, 6.45) is 0.942. The van der Waals surface area contributed by atoms with Crippen LogP contribution in [0.4, 0.5) is 13.2 Å². The third kappa shape index (κ3) is 7.41. The van der Waals surface area contributed by atoms with E-state index in [9.17, 15) is 22.8 Å². The summed E-state index contributed by atoms with van der Waals surface area (Å²) >= 11 is 0. The van der Waals surface area contributed by atoms with Crippen LogP contribution in [0.2, 0.25) is 0 Å². The highest BCUT2D eigenvalue weighted by atomic mass is 19.4. The number of aromatic amines is 1. The van der Waals surface area contributed by atoms with Crippen molar-refractivity contribution in [2.45, 2.75) is 12.2 Å². The summed E-state index contributed by atoms with van der Waals surface area (Å²) in [7, 11) is 3.10. The van der Waals surface area contributed by atoms with Gasteiger partial charge in [-0.2, -0.15) is 18.3 Å². The van der Waals surface area contributed by atoms with Gasteiger partial charge in [-0.15, -0.1) is 0 Å². The van der Waals surface area contributed by atoms with E-state index in [4.69, 9.17) is 19.4 Å². The van der Waals surface area contributed by atoms with E-state index in [-0.39, 0.29) is 11.5 Å². The van der Waals surface area contributed by atoms with Crippen LogP contribution in [0, 0.1) is 0 Å². The van der Waals surface area contributed by atoms with Gasteiger partial charge in [-0.1, -0.05) is 12.1 Å². The number of ether oxygens (including phenoxy) is 2. The first-order valence-corrected chi connectivity index (χ1v) is 10.9. The standard InChI is InChI=1S/C22H20N6O4.C2HF3O2/c1-31-16-7-4-14(5-8-16)19(15-6-9-18(32-2)23-12-15)26-20(29)17-13-24-22(27-21(17)30)28-11-3-10-25-28;3-2(4,5)1(6)7/h3-13,19H,1-2H3,(H,26,29)(H,24,27,30);(H,6,7). The smallest absolute Gasteiger partial charge is 0.490 e. The maximum Gasteiger partial charge on any atom is 0.490 e. The molecule has 1 aromatic carbocycles. The lowest BCUT2D eigenvalue weighted by Crippen LogP contribution is -2.34. The van der Waals surface area contributed by atoms with Crippen LogP contribution >= 0.6 is 0 Å². The van der Waals surface area contributed by atoms with E-state index in [2.05, 4.69) is 25.4 Å². The molecule has 1 amide bonds. The fraction of sp³-hybridized carbons (Fsp3) is 0.167. The Bertz CT molecular complexity index is 1410. The van der Waals surface area contributed by atoms with Crippen LogP contribution in [-0.4, -0.2) is 62.1 Å².